The van der Waals surface area contributed by atoms with E-state index in [-0.39, 0.29) is 5.75 Å². The quantitative estimate of drug-likeness (QED) is 0.818. The average Bonchev–Trinajstić information content (AvgIpc) is 2.26. The Morgan fingerprint density at radius 3 is 2.68 bits per heavy atom. The van der Waals surface area contributed by atoms with E-state index in [0.717, 1.165) is 5.56 Å². The number of carbonyl (C=O) groups is 1. The molecule has 1 aromatic rings. The van der Waals surface area contributed by atoms with Gasteiger partial charge in [-0.05, 0) is 31.0 Å². The molecule has 6 heteroatoms. The van der Waals surface area contributed by atoms with Crippen LogP contribution in [0.4, 0.5) is 5.69 Å². The number of anilines is 1. The largest absolute Gasteiger partial charge is 0.327 e. The van der Waals surface area contributed by atoms with Crippen LogP contribution in [0.1, 0.15) is 18.9 Å². The second kappa shape index (κ2) is 6.68. The topological polar surface area (TPSA) is 89.3 Å². The Kier molecular flexibility index (Phi) is 5.50. The summed E-state index contributed by atoms with van der Waals surface area (Å²) in [6.45, 7) is 3.71. The number of benzene rings is 1. The van der Waals surface area contributed by atoms with Crippen molar-refractivity contribution >= 4 is 21.4 Å². The molecule has 1 amide bonds. The predicted molar refractivity (Wildman–Crippen MR) is 76.7 cm³/mol. The molecule has 1 unspecified atom stereocenters. The van der Waals surface area contributed by atoms with Crippen LogP contribution >= 0.6 is 0 Å². The SMILES string of the molecule is CCC(N)CS(=O)(=O)CC(=O)Nc1cccc(C)c1. The smallest absolute Gasteiger partial charge is 0.239 e. The minimum absolute atomic E-state index is 0.162. The van der Waals surface area contributed by atoms with Crippen LogP contribution < -0.4 is 11.1 Å². The zero-order valence-corrected chi connectivity index (χ0v) is 12.0. The summed E-state index contributed by atoms with van der Waals surface area (Å²) in [5, 5.41) is 2.57. The lowest BCUT2D eigenvalue weighted by Gasteiger charge is -2.10. The fourth-order valence-corrected chi connectivity index (χ4v) is 3.10. The lowest BCUT2D eigenvalue weighted by Crippen LogP contribution is -2.33. The van der Waals surface area contributed by atoms with Gasteiger partial charge < -0.3 is 11.1 Å². The van der Waals surface area contributed by atoms with E-state index < -0.39 is 27.5 Å². The van der Waals surface area contributed by atoms with Crippen LogP contribution in [0, 0.1) is 6.92 Å². The lowest BCUT2D eigenvalue weighted by atomic mass is 10.2. The van der Waals surface area contributed by atoms with Gasteiger partial charge in [0.2, 0.25) is 5.91 Å². The number of nitrogens with two attached hydrogens (primary N) is 1. The Morgan fingerprint density at radius 2 is 2.11 bits per heavy atom. The highest BCUT2D eigenvalue weighted by Crippen LogP contribution is 2.09. The number of amides is 1. The van der Waals surface area contributed by atoms with Gasteiger partial charge >= 0.3 is 0 Å². The monoisotopic (exact) mass is 284 g/mol. The lowest BCUT2D eigenvalue weighted by molar-refractivity contribution is -0.113. The third-order valence-electron chi connectivity index (χ3n) is 2.65. The third kappa shape index (κ3) is 5.85. The molecule has 0 fully saturated rings. The molecule has 0 aliphatic carbocycles. The molecule has 0 aliphatic rings. The van der Waals surface area contributed by atoms with Crippen molar-refractivity contribution in [3.05, 3.63) is 29.8 Å². The molecule has 0 saturated carbocycles. The Bertz CT molecular complexity index is 541. The fraction of sp³-hybridized carbons (Fsp3) is 0.462. The first kappa shape index (κ1) is 15.7. The molecule has 0 heterocycles. The van der Waals surface area contributed by atoms with E-state index in [1.165, 1.54) is 0 Å². The molecule has 0 bridgehead atoms. The van der Waals surface area contributed by atoms with E-state index in [9.17, 15) is 13.2 Å². The molecule has 1 atom stereocenters. The molecule has 5 nitrogen and oxygen atoms in total. The molecule has 0 aliphatic heterocycles. The molecule has 0 saturated heterocycles. The summed E-state index contributed by atoms with van der Waals surface area (Å²) in [5.41, 5.74) is 7.19. The highest BCUT2D eigenvalue weighted by Gasteiger charge is 2.19. The summed E-state index contributed by atoms with van der Waals surface area (Å²) in [6, 6.07) is 6.77. The van der Waals surface area contributed by atoms with Crippen molar-refractivity contribution in [2.45, 2.75) is 26.3 Å². The highest BCUT2D eigenvalue weighted by molar-refractivity contribution is 7.92. The maximum absolute atomic E-state index is 11.7. The van der Waals surface area contributed by atoms with Gasteiger partial charge in [0.15, 0.2) is 9.84 Å². The minimum Gasteiger partial charge on any atom is -0.327 e. The molecular formula is C13H20N2O3S. The predicted octanol–water partition coefficient (Wildman–Crippen LogP) is 1.09. The van der Waals surface area contributed by atoms with Gasteiger partial charge in [-0.15, -0.1) is 0 Å². The van der Waals surface area contributed by atoms with Gasteiger partial charge in [-0.3, -0.25) is 4.79 Å². The first-order chi connectivity index (χ1) is 8.82. The van der Waals surface area contributed by atoms with Gasteiger partial charge in [0.25, 0.3) is 0 Å². The number of aryl methyl sites for hydroxylation is 1. The second-order valence-electron chi connectivity index (χ2n) is 4.64. The zero-order chi connectivity index (χ0) is 14.5. The van der Waals surface area contributed by atoms with Crippen molar-refractivity contribution in [2.24, 2.45) is 5.73 Å². The van der Waals surface area contributed by atoms with Crippen molar-refractivity contribution in [2.75, 3.05) is 16.8 Å². The van der Waals surface area contributed by atoms with Crippen molar-refractivity contribution in [3.63, 3.8) is 0 Å². The Morgan fingerprint density at radius 1 is 1.42 bits per heavy atom. The average molecular weight is 284 g/mol. The molecule has 1 aromatic carbocycles. The maximum Gasteiger partial charge on any atom is 0.239 e. The molecule has 0 spiro atoms. The summed E-state index contributed by atoms with van der Waals surface area (Å²) in [7, 11) is -3.46. The van der Waals surface area contributed by atoms with Crippen molar-refractivity contribution in [3.8, 4) is 0 Å². The van der Waals surface area contributed by atoms with Gasteiger partial charge in [-0.25, -0.2) is 8.42 Å². The van der Waals surface area contributed by atoms with Gasteiger partial charge in [-0.2, -0.15) is 0 Å². The molecule has 1 rings (SSSR count). The molecule has 0 radical (unpaired) electrons. The number of rotatable bonds is 6. The number of hydrogen-bond donors (Lipinski definition) is 2. The number of sulfone groups is 1. The van der Waals surface area contributed by atoms with Crippen LogP contribution in [0.2, 0.25) is 0 Å². The zero-order valence-electron chi connectivity index (χ0n) is 11.2. The van der Waals surface area contributed by atoms with Gasteiger partial charge in [0.1, 0.15) is 5.75 Å². The van der Waals surface area contributed by atoms with E-state index in [4.69, 9.17) is 5.73 Å². The van der Waals surface area contributed by atoms with Crippen LogP contribution in [0.5, 0.6) is 0 Å². The van der Waals surface area contributed by atoms with Crippen molar-refractivity contribution in [1.82, 2.24) is 0 Å². The van der Waals surface area contributed by atoms with Gasteiger partial charge in [0.05, 0.1) is 5.75 Å². The van der Waals surface area contributed by atoms with Crippen LogP contribution in [0.3, 0.4) is 0 Å². The van der Waals surface area contributed by atoms with E-state index >= 15 is 0 Å². The Balaban J connectivity index is 2.60. The van der Waals surface area contributed by atoms with Gasteiger partial charge in [-0.1, -0.05) is 19.1 Å². The third-order valence-corrected chi connectivity index (χ3v) is 4.28. The number of nitrogens with one attached hydrogen (secondary N) is 1. The van der Waals surface area contributed by atoms with Crippen LogP contribution in [0.25, 0.3) is 0 Å². The van der Waals surface area contributed by atoms with Crippen LogP contribution in [-0.4, -0.2) is 31.9 Å². The highest BCUT2D eigenvalue weighted by atomic mass is 32.2. The van der Waals surface area contributed by atoms with Crippen LogP contribution in [-0.2, 0) is 14.6 Å². The molecule has 106 valence electrons. The van der Waals surface area contributed by atoms with E-state index in [1.807, 2.05) is 19.9 Å². The number of hydrogen-bond acceptors (Lipinski definition) is 4. The van der Waals surface area contributed by atoms with E-state index in [0.29, 0.717) is 12.1 Å². The van der Waals surface area contributed by atoms with E-state index in [2.05, 4.69) is 5.32 Å². The van der Waals surface area contributed by atoms with Gasteiger partial charge in [0, 0.05) is 11.7 Å². The first-order valence-corrected chi connectivity index (χ1v) is 7.97. The first-order valence-electron chi connectivity index (χ1n) is 6.15. The maximum atomic E-state index is 11.7. The Labute approximate surface area is 114 Å². The standard InChI is InChI=1S/C13H20N2O3S/c1-3-11(14)8-19(17,18)9-13(16)15-12-6-4-5-10(2)7-12/h4-7,11H,3,8-9,14H2,1-2H3,(H,15,16). The normalized spacial score (nSPS) is 13.0. The van der Waals surface area contributed by atoms with Crippen molar-refractivity contribution < 1.29 is 13.2 Å². The van der Waals surface area contributed by atoms with Crippen LogP contribution in [0.15, 0.2) is 24.3 Å². The summed E-state index contributed by atoms with van der Waals surface area (Å²) in [5.74, 6) is -1.23. The summed E-state index contributed by atoms with van der Waals surface area (Å²) in [6.07, 6.45) is 0.568. The molecule has 3 N–H and O–H groups in total. The van der Waals surface area contributed by atoms with E-state index in [1.54, 1.807) is 18.2 Å². The second-order valence-corrected chi connectivity index (χ2v) is 6.75. The minimum atomic E-state index is -3.46. The number of carbonyl (C=O) groups excluding carboxylic acids is 1. The summed E-state index contributed by atoms with van der Waals surface area (Å²) >= 11 is 0. The molecule has 0 aromatic heterocycles. The fourth-order valence-electron chi connectivity index (χ4n) is 1.62. The molecule has 19 heavy (non-hydrogen) atoms. The summed E-state index contributed by atoms with van der Waals surface area (Å²) in [4.78, 5) is 11.7. The van der Waals surface area contributed by atoms with Crippen molar-refractivity contribution in [1.29, 1.82) is 0 Å². The molecular weight excluding hydrogens is 264 g/mol. The Hall–Kier alpha value is -1.40. The summed E-state index contributed by atoms with van der Waals surface area (Å²) < 4.78 is 23.5.